The number of fused-ring (bicyclic) bond motifs is 1. The number of nitrogens with zero attached hydrogens (tertiary/aromatic N) is 2. The van der Waals surface area contributed by atoms with E-state index in [2.05, 4.69) is 40.3 Å². The molecule has 1 N–H and O–H groups in total. The third-order valence-corrected chi connectivity index (χ3v) is 7.08. The number of carbonyl (C=O) groups is 1. The van der Waals surface area contributed by atoms with Crippen molar-refractivity contribution in [2.24, 2.45) is 4.99 Å². The maximum Gasteiger partial charge on any atom is 0.234 e. The molecule has 0 bridgehead atoms. The van der Waals surface area contributed by atoms with Gasteiger partial charge in [-0.25, -0.2) is 4.99 Å². The second-order valence-corrected chi connectivity index (χ2v) is 9.01. The molecule has 1 fully saturated rings. The third-order valence-electron chi connectivity index (χ3n) is 4.84. The molecule has 140 valence electrons. The summed E-state index contributed by atoms with van der Waals surface area (Å²) in [5.74, 6) is 1.31. The SMILES string of the molecule is Cc1cc(N2CCCC2)ccc1NC(=O)CSC1=Nc2ccccc2CS1. The van der Waals surface area contributed by atoms with Gasteiger partial charge in [-0.05, 0) is 55.2 Å². The van der Waals surface area contributed by atoms with Crippen LogP contribution in [0.4, 0.5) is 17.1 Å². The summed E-state index contributed by atoms with van der Waals surface area (Å²) < 4.78 is 0.963. The van der Waals surface area contributed by atoms with Gasteiger partial charge >= 0.3 is 0 Å². The summed E-state index contributed by atoms with van der Waals surface area (Å²) in [6.07, 6.45) is 2.53. The van der Waals surface area contributed by atoms with Crippen molar-refractivity contribution in [3.63, 3.8) is 0 Å². The number of carbonyl (C=O) groups excluding carboxylic acids is 1. The number of amides is 1. The van der Waals surface area contributed by atoms with Crippen molar-refractivity contribution in [2.75, 3.05) is 29.1 Å². The Morgan fingerprint density at radius 2 is 2.04 bits per heavy atom. The molecule has 2 aromatic carbocycles. The molecular formula is C21H23N3OS2. The molecule has 0 spiro atoms. The highest BCUT2D eigenvalue weighted by Gasteiger charge is 2.16. The normalized spacial score (nSPS) is 16.0. The molecule has 1 amide bonds. The summed E-state index contributed by atoms with van der Waals surface area (Å²) in [5, 5.41) is 3.04. The number of anilines is 2. The molecule has 4 nitrogen and oxygen atoms in total. The molecule has 0 saturated carbocycles. The van der Waals surface area contributed by atoms with E-state index in [4.69, 9.17) is 0 Å². The standard InChI is InChI=1S/C21H23N3OS2/c1-15-12-17(24-10-4-5-11-24)8-9-18(15)22-20(25)14-27-21-23-19-7-3-2-6-16(19)13-26-21/h2-3,6-9,12H,4-5,10-11,13-14H2,1H3,(H,22,25). The van der Waals surface area contributed by atoms with Gasteiger partial charge in [0.2, 0.25) is 5.91 Å². The monoisotopic (exact) mass is 397 g/mol. The Morgan fingerprint density at radius 1 is 1.22 bits per heavy atom. The lowest BCUT2D eigenvalue weighted by Crippen LogP contribution is -2.19. The van der Waals surface area contributed by atoms with E-state index in [1.807, 2.05) is 24.3 Å². The van der Waals surface area contributed by atoms with E-state index in [0.29, 0.717) is 5.75 Å². The summed E-state index contributed by atoms with van der Waals surface area (Å²) >= 11 is 3.21. The van der Waals surface area contributed by atoms with Gasteiger partial charge in [0.25, 0.3) is 0 Å². The Hall–Kier alpha value is -1.92. The van der Waals surface area contributed by atoms with Gasteiger partial charge in [-0.2, -0.15) is 0 Å². The van der Waals surface area contributed by atoms with Gasteiger partial charge in [-0.15, -0.1) is 0 Å². The zero-order chi connectivity index (χ0) is 18.6. The van der Waals surface area contributed by atoms with Gasteiger partial charge in [-0.1, -0.05) is 41.7 Å². The van der Waals surface area contributed by atoms with Crippen LogP contribution in [0.25, 0.3) is 0 Å². The van der Waals surface area contributed by atoms with Gasteiger partial charge in [0.15, 0.2) is 0 Å². The lowest BCUT2D eigenvalue weighted by molar-refractivity contribution is -0.113. The largest absolute Gasteiger partial charge is 0.372 e. The van der Waals surface area contributed by atoms with Crippen molar-refractivity contribution in [1.82, 2.24) is 0 Å². The zero-order valence-electron chi connectivity index (χ0n) is 15.4. The Labute approximate surface area is 168 Å². The van der Waals surface area contributed by atoms with Gasteiger partial charge in [0.1, 0.15) is 4.38 Å². The summed E-state index contributed by atoms with van der Waals surface area (Å²) in [5.41, 5.74) is 5.53. The van der Waals surface area contributed by atoms with Gasteiger partial charge in [0.05, 0.1) is 11.4 Å². The van der Waals surface area contributed by atoms with E-state index in [-0.39, 0.29) is 5.91 Å². The van der Waals surface area contributed by atoms with E-state index in [1.54, 1.807) is 11.8 Å². The predicted octanol–water partition coefficient (Wildman–Crippen LogP) is 5.20. The van der Waals surface area contributed by atoms with E-state index < -0.39 is 0 Å². The number of aryl methyl sites for hydroxylation is 1. The number of nitrogens with one attached hydrogen (secondary N) is 1. The van der Waals surface area contributed by atoms with Crippen LogP contribution in [-0.4, -0.2) is 29.1 Å². The minimum absolute atomic E-state index is 0.0131. The molecule has 0 aliphatic carbocycles. The van der Waals surface area contributed by atoms with E-state index in [1.165, 1.54) is 35.9 Å². The maximum atomic E-state index is 12.4. The minimum atomic E-state index is 0.0131. The number of thioether (sulfide) groups is 2. The second kappa shape index (κ2) is 8.40. The third kappa shape index (κ3) is 4.50. The van der Waals surface area contributed by atoms with Crippen molar-refractivity contribution in [3.05, 3.63) is 53.6 Å². The number of benzene rings is 2. The number of hydrogen-bond donors (Lipinski definition) is 1. The molecular weight excluding hydrogens is 374 g/mol. The highest BCUT2D eigenvalue weighted by Crippen LogP contribution is 2.34. The van der Waals surface area contributed by atoms with Crippen molar-refractivity contribution >= 4 is 50.9 Å². The van der Waals surface area contributed by atoms with Crippen LogP contribution < -0.4 is 10.2 Å². The van der Waals surface area contributed by atoms with Crippen LogP contribution in [-0.2, 0) is 10.5 Å². The molecule has 2 aliphatic heterocycles. The van der Waals surface area contributed by atoms with Crippen molar-refractivity contribution in [2.45, 2.75) is 25.5 Å². The Bertz CT molecular complexity index is 875. The lowest BCUT2D eigenvalue weighted by Gasteiger charge is -2.19. The Balaban J connectivity index is 1.34. The molecule has 2 aliphatic rings. The molecule has 0 atom stereocenters. The smallest absolute Gasteiger partial charge is 0.234 e. The summed E-state index contributed by atoms with van der Waals surface area (Å²) in [6, 6.07) is 14.5. The number of aliphatic imine (C=N–C) groups is 1. The van der Waals surface area contributed by atoms with Crippen LogP contribution in [0.15, 0.2) is 47.5 Å². The van der Waals surface area contributed by atoms with Crippen LogP contribution >= 0.6 is 23.5 Å². The van der Waals surface area contributed by atoms with Crippen LogP contribution in [0, 0.1) is 6.92 Å². The van der Waals surface area contributed by atoms with E-state index in [0.717, 1.165) is 40.2 Å². The number of rotatable bonds is 4. The Kier molecular flexibility index (Phi) is 5.74. The number of para-hydroxylation sites is 1. The predicted molar refractivity (Wildman–Crippen MR) is 119 cm³/mol. The van der Waals surface area contributed by atoms with Crippen LogP contribution in [0.1, 0.15) is 24.0 Å². The highest BCUT2D eigenvalue weighted by atomic mass is 32.2. The summed E-state index contributed by atoms with van der Waals surface area (Å²) in [4.78, 5) is 19.4. The molecule has 0 aromatic heterocycles. The fraction of sp³-hybridized carbons (Fsp3) is 0.333. The average Bonchev–Trinajstić information content (AvgIpc) is 3.22. The fourth-order valence-electron chi connectivity index (χ4n) is 3.36. The first-order valence-electron chi connectivity index (χ1n) is 9.27. The van der Waals surface area contributed by atoms with Gasteiger partial charge < -0.3 is 10.2 Å². The lowest BCUT2D eigenvalue weighted by atomic mass is 10.1. The van der Waals surface area contributed by atoms with Crippen molar-refractivity contribution in [3.8, 4) is 0 Å². The summed E-state index contributed by atoms with van der Waals surface area (Å²) in [6.45, 7) is 4.32. The summed E-state index contributed by atoms with van der Waals surface area (Å²) in [7, 11) is 0. The second-order valence-electron chi connectivity index (χ2n) is 6.83. The van der Waals surface area contributed by atoms with Crippen molar-refractivity contribution in [1.29, 1.82) is 0 Å². The van der Waals surface area contributed by atoms with Gasteiger partial charge in [-0.3, -0.25) is 4.79 Å². The molecule has 6 heteroatoms. The molecule has 27 heavy (non-hydrogen) atoms. The maximum absolute atomic E-state index is 12.4. The molecule has 0 unspecified atom stereocenters. The minimum Gasteiger partial charge on any atom is -0.372 e. The molecule has 0 radical (unpaired) electrons. The van der Waals surface area contributed by atoms with Crippen LogP contribution in [0.3, 0.4) is 0 Å². The van der Waals surface area contributed by atoms with Crippen LogP contribution in [0.2, 0.25) is 0 Å². The van der Waals surface area contributed by atoms with E-state index >= 15 is 0 Å². The first-order chi connectivity index (χ1) is 13.2. The molecule has 4 rings (SSSR count). The van der Waals surface area contributed by atoms with Gasteiger partial charge in [0, 0.05) is 30.2 Å². The first-order valence-corrected chi connectivity index (χ1v) is 11.2. The number of hydrogen-bond acceptors (Lipinski definition) is 5. The van der Waals surface area contributed by atoms with Crippen LogP contribution in [0.5, 0.6) is 0 Å². The molecule has 2 aromatic rings. The van der Waals surface area contributed by atoms with Crippen molar-refractivity contribution < 1.29 is 4.79 Å². The topological polar surface area (TPSA) is 44.7 Å². The first kappa shape index (κ1) is 18.4. The fourth-order valence-corrected chi connectivity index (χ4v) is 5.22. The Morgan fingerprint density at radius 3 is 2.85 bits per heavy atom. The quantitative estimate of drug-likeness (QED) is 0.770. The molecule has 1 saturated heterocycles. The molecule has 2 heterocycles. The zero-order valence-corrected chi connectivity index (χ0v) is 17.0. The average molecular weight is 398 g/mol. The highest BCUT2D eigenvalue weighted by molar-refractivity contribution is 8.38. The van der Waals surface area contributed by atoms with E-state index in [9.17, 15) is 4.79 Å².